The average Bonchev–Trinajstić information content (AvgIpc) is 2.75. The van der Waals surface area contributed by atoms with E-state index in [0.29, 0.717) is 22.4 Å². The predicted molar refractivity (Wildman–Crippen MR) is 117 cm³/mol. The van der Waals surface area contributed by atoms with Gasteiger partial charge in [0, 0.05) is 31.9 Å². The van der Waals surface area contributed by atoms with Crippen molar-refractivity contribution in [3.05, 3.63) is 88.2 Å². The molecule has 31 heavy (non-hydrogen) atoms. The van der Waals surface area contributed by atoms with Crippen molar-refractivity contribution in [3.63, 3.8) is 0 Å². The Labute approximate surface area is 180 Å². The first-order chi connectivity index (χ1) is 14.7. The molecule has 3 rings (SSSR count). The molecule has 0 saturated carbocycles. The van der Waals surface area contributed by atoms with E-state index in [9.17, 15) is 23.1 Å². The van der Waals surface area contributed by atoms with Crippen molar-refractivity contribution < 1.29 is 18.3 Å². The lowest BCUT2D eigenvalue weighted by molar-refractivity contribution is -0.139. The first-order valence-electron chi connectivity index (χ1n) is 9.46. The molecular formula is C22H23N3O5S. The maximum Gasteiger partial charge on any atom is 0.325 e. The molecule has 0 fully saturated rings. The van der Waals surface area contributed by atoms with Crippen molar-refractivity contribution in [2.75, 3.05) is 14.1 Å². The third kappa shape index (κ3) is 5.08. The van der Waals surface area contributed by atoms with Gasteiger partial charge in [-0.05, 0) is 29.3 Å². The average molecular weight is 442 g/mol. The summed E-state index contributed by atoms with van der Waals surface area (Å²) in [4.78, 5) is 27.0. The number of sulfonamides is 1. The quantitative estimate of drug-likeness (QED) is 0.493. The zero-order valence-corrected chi connectivity index (χ0v) is 17.9. The molecule has 1 atom stereocenters. The van der Waals surface area contributed by atoms with Gasteiger partial charge in [0.25, 0.3) is 5.56 Å². The molecule has 0 aliphatic rings. The van der Waals surface area contributed by atoms with E-state index in [2.05, 4.69) is 10.3 Å². The second kappa shape index (κ2) is 9.25. The normalized spacial score (nSPS) is 12.6. The molecule has 0 aliphatic heterocycles. The minimum absolute atomic E-state index is 0.0709. The van der Waals surface area contributed by atoms with E-state index in [-0.39, 0.29) is 17.0 Å². The fraction of sp³-hybridized carbons (Fsp3) is 0.182. The number of nitrogens with one attached hydrogen (secondary N) is 2. The van der Waals surface area contributed by atoms with Crippen molar-refractivity contribution in [2.45, 2.75) is 17.5 Å². The number of aromatic amines is 1. The zero-order chi connectivity index (χ0) is 22.6. The van der Waals surface area contributed by atoms with Crippen molar-refractivity contribution in [2.24, 2.45) is 0 Å². The Morgan fingerprint density at radius 2 is 1.68 bits per heavy atom. The van der Waals surface area contributed by atoms with Gasteiger partial charge in [-0.15, -0.1) is 0 Å². The molecule has 0 saturated heterocycles. The molecule has 162 valence electrons. The van der Waals surface area contributed by atoms with Gasteiger partial charge in [-0.25, -0.2) is 12.7 Å². The van der Waals surface area contributed by atoms with Crippen molar-refractivity contribution in [1.29, 1.82) is 0 Å². The molecule has 0 aliphatic carbocycles. The topological polar surface area (TPSA) is 120 Å². The predicted octanol–water partition coefficient (Wildman–Crippen LogP) is 2.21. The van der Waals surface area contributed by atoms with Gasteiger partial charge in [0.1, 0.15) is 6.04 Å². The van der Waals surface area contributed by atoms with Crippen molar-refractivity contribution in [1.82, 2.24) is 14.6 Å². The van der Waals surface area contributed by atoms with E-state index in [1.165, 1.54) is 26.2 Å². The maximum atomic E-state index is 12.5. The van der Waals surface area contributed by atoms with Crippen LogP contribution in [0.2, 0.25) is 0 Å². The van der Waals surface area contributed by atoms with E-state index in [1.807, 2.05) is 0 Å². The number of benzene rings is 2. The monoisotopic (exact) mass is 441 g/mol. The van der Waals surface area contributed by atoms with Gasteiger partial charge in [-0.3, -0.25) is 14.9 Å². The van der Waals surface area contributed by atoms with E-state index >= 15 is 0 Å². The highest BCUT2D eigenvalue weighted by Gasteiger charge is 2.19. The summed E-state index contributed by atoms with van der Waals surface area (Å²) in [6.07, 6.45) is 0. The fourth-order valence-corrected chi connectivity index (χ4v) is 3.94. The van der Waals surface area contributed by atoms with Crippen LogP contribution in [0.5, 0.6) is 0 Å². The third-order valence-corrected chi connectivity index (χ3v) is 6.64. The molecule has 1 heterocycles. The summed E-state index contributed by atoms with van der Waals surface area (Å²) in [7, 11) is -0.614. The van der Waals surface area contributed by atoms with Gasteiger partial charge >= 0.3 is 5.97 Å². The number of aromatic nitrogens is 1. The molecule has 9 heteroatoms. The lowest BCUT2D eigenvalue weighted by Crippen LogP contribution is -2.30. The van der Waals surface area contributed by atoms with Crippen LogP contribution in [0.3, 0.4) is 0 Å². The van der Waals surface area contributed by atoms with Gasteiger partial charge < -0.3 is 10.1 Å². The Hall–Kier alpha value is -3.27. The first kappa shape index (κ1) is 22.4. The maximum absolute atomic E-state index is 12.5. The molecule has 1 aromatic heterocycles. The molecule has 2 aromatic carbocycles. The highest BCUT2D eigenvalue weighted by Crippen LogP contribution is 2.20. The van der Waals surface area contributed by atoms with Crippen LogP contribution in [0.25, 0.3) is 11.3 Å². The van der Waals surface area contributed by atoms with Crippen LogP contribution < -0.4 is 10.9 Å². The number of carbonyl (C=O) groups is 1. The van der Waals surface area contributed by atoms with Gasteiger partial charge in [0.05, 0.1) is 4.90 Å². The highest BCUT2D eigenvalue weighted by molar-refractivity contribution is 7.89. The molecule has 0 amide bonds. The van der Waals surface area contributed by atoms with Gasteiger partial charge in [0.2, 0.25) is 10.0 Å². The Morgan fingerprint density at radius 1 is 1.03 bits per heavy atom. The fourth-order valence-electron chi connectivity index (χ4n) is 3.03. The van der Waals surface area contributed by atoms with Gasteiger partial charge in [-0.1, -0.05) is 48.5 Å². The summed E-state index contributed by atoms with van der Waals surface area (Å²) >= 11 is 0. The number of aliphatic carboxylic acids is 1. The molecular weight excluding hydrogens is 418 g/mol. The third-order valence-electron chi connectivity index (χ3n) is 4.81. The Bertz CT molecular complexity index is 1220. The second-order valence-electron chi connectivity index (χ2n) is 7.10. The summed E-state index contributed by atoms with van der Waals surface area (Å²) < 4.78 is 25.5. The van der Waals surface area contributed by atoms with Crippen LogP contribution in [0, 0.1) is 0 Å². The van der Waals surface area contributed by atoms with Crippen LogP contribution in [-0.2, 0) is 21.4 Å². The smallest absolute Gasteiger partial charge is 0.325 e. The minimum atomic E-state index is -3.53. The molecule has 3 N–H and O–H groups in total. The number of nitrogens with zero attached hydrogens (tertiary/aromatic N) is 1. The van der Waals surface area contributed by atoms with E-state index in [1.54, 1.807) is 54.6 Å². The summed E-state index contributed by atoms with van der Waals surface area (Å²) in [6, 6.07) is 17.3. The minimum Gasteiger partial charge on any atom is -0.480 e. The number of hydrogen-bond donors (Lipinski definition) is 3. The summed E-state index contributed by atoms with van der Waals surface area (Å²) in [5.41, 5.74) is 1.81. The number of pyridine rings is 1. The van der Waals surface area contributed by atoms with Crippen LogP contribution in [0.1, 0.15) is 17.2 Å². The number of carboxylic acids is 1. The van der Waals surface area contributed by atoms with E-state index in [4.69, 9.17) is 0 Å². The van der Waals surface area contributed by atoms with Crippen molar-refractivity contribution >= 4 is 16.0 Å². The lowest BCUT2D eigenvalue weighted by atomic mass is 10.1. The number of carboxylic acid groups (broad SMARTS) is 1. The van der Waals surface area contributed by atoms with Crippen molar-refractivity contribution in [3.8, 4) is 11.3 Å². The first-order valence-corrected chi connectivity index (χ1v) is 10.9. The molecule has 0 radical (unpaired) electrons. The Balaban J connectivity index is 1.77. The van der Waals surface area contributed by atoms with E-state index < -0.39 is 22.0 Å². The summed E-state index contributed by atoms with van der Waals surface area (Å²) in [6.45, 7) is 0.0709. The largest absolute Gasteiger partial charge is 0.480 e. The zero-order valence-electron chi connectivity index (χ0n) is 17.1. The molecule has 0 unspecified atom stereocenters. The number of hydrogen-bond acceptors (Lipinski definition) is 5. The van der Waals surface area contributed by atoms with Crippen LogP contribution in [0.4, 0.5) is 0 Å². The summed E-state index contributed by atoms with van der Waals surface area (Å²) in [5, 5.41) is 12.4. The number of H-pyrrole nitrogens is 1. The Kier molecular flexibility index (Phi) is 6.69. The number of rotatable bonds is 8. The lowest BCUT2D eigenvalue weighted by Gasteiger charge is -2.15. The van der Waals surface area contributed by atoms with Gasteiger partial charge in [-0.2, -0.15) is 0 Å². The highest BCUT2D eigenvalue weighted by atomic mass is 32.2. The SMILES string of the molecule is CN(C)S(=O)(=O)c1ccc(-c2ccc(CN[C@H](C(=O)O)c3ccccc3)c(=O)[nH]2)cc1. The standard InChI is InChI=1S/C22H23N3O5S/c1-25(2)31(29,30)18-11-8-15(9-12-18)19-13-10-17(21(26)24-19)14-23-20(22(27)28)16-6-4-3-5-7-16/h3-13,20,23H,14H2,1-2H3,(H,24,26)(H,27,28)/t20-/m0/s1. The van der Waals surface area contributed by atoms with Gasteiger partial charge in [0.15, 0.2) is 0 Å². The van der Waals surface area contributed by atoms with Crippen LogP contribution in [0.15, 0.2) is 76.4 Å². The molecule has 3 aromatic rings. The molecule has 8 nitrogen and oxygen atoms in total. The summed E-state index contributed by atoms with van der Waals surface area (Å²) in [5.74, 6) is -1.04. The van der Waals surface area contributed by atoms with E-state index in [0.717, 1.165) is 4.31 Å². The Morgan fingerprint density at radius 3 is 2.23 bits per heavy atom. The van der Waals surface area contributed by atoms with Crippen LogP contribution in [-0.4, -0.2) is 42.9 Å². The molecule has 0 spiro atoms. The second-order valence-corrected chi connectivity index (χ2v) is 9.25. The molecule has 0 bridgehead atoms. The van der Waals surface area contributed by atoms with Crippen LogP contribution >= 0.6 is 0 Å².